The zero-order valence-corrected chi connectivity index (χ0v) is 8.73. The number of carbonyl (C=O) groups is 1. The SMILES string of the molecule is C=CC[C@@H](O)CCC(=O)c1ccccc1. The van der Waals surface area contributed by atoms with Gasteiger partial charge in [-0.15, -0.1) is 6.58 Å². The first kappa shape index (κ1) is 11.7. The highest BCUT2D eigenvalue weighted by molar-refractivity contribution is 5.95. The first-order chi connectivity index (χ1) is 7.24. The highest BCUT2D eigenvalue weighted by Gasteiger charge is 2.08. The molecule has 0 radical (unpaired) electrons. The quantitative estimate of drug-likeness (QED) is 0.571. The molecule has 1 rings (SSSR count). The van der Waals surface area contributed by atoms with Crippen LogP contribution in [0.5, 0.6) is 0 Å². The van der Waals surface area contributed by atoms with Gasteiger partial charge in [0, 0.05) is 12.0 Å². The van der Waals surface area contributed by atoms with E-state index in [-0.39, 0.29) is 5.78 Å². The molecule has 1 N–H and O–H groups in total. The van der Waals surface area contributed by atoms with Gasteiger partial charge in [-0.05, 0) is 12.8 Å². The van der Waals surface area contributed by atoms with Gasteiger partial charge in [0.15, 0.2) is 5.78 Å². The molecular formula is C13H16O2. The van der Waals surface area contributed by atoms with Crippen molar-refractivity contribution in [2.24, 2.45) is 0 Å². The van der Waals surface area contributed by atoms with Gasteiger partial charge in [0.1, 0.15) is 0 Å². The Balaban J connectivity index is 2.40. The van der Waals surface area contributed by atoms with E-state index in [4.69, 9.17) is 0 Å². The second kappa shape index (κ2) is 6.14. The molecule has 0 aliphatic carbocycles. The van der Waals surface area contributed by atoms with Crippen LogP contribution in [0.15, 0.2) is 43.0 Å². The van der Waals surface area contributed by atoms with Gasteiger partial charge in [-0.1, -0.05) is 36.4 Å². The molecule has 0 aliphatic rings. The van der Waals surface area contributed by atoms with Gasteiger partial charge in [0.2, 0.25) is 0 Å². The number of Topliss-reactive ketones (excluding diaryl/α,β-unsaturated/α-hetero) is 1. The largest absolute Gasteiger partial charge is 0.393 e. The van der Waals surface area contributed by atoms with Crippen LogP contribution in [-0.2, 0) is 0 Å². The van der Waals surface area contributed by atoms with Gasteiger partial charge >= 0.3 is 0 Å². The average molecular weight is 204 g/mol. The van der Waals surface area contributed by atoms with Crippen molar-refractivity contribution >= 4 is 5.78 Å². The van der Waals surface area contributed by atoms with E-state index in [1.165, 1.54) is 0 Å². The Labute approximate surface area is 90.3 Å². The van der Waals surface area contributed by atoms with Crippen LogP contribution < -0.4 is 0 Å². The third-order valence-corrected chi connectivity index (χ3v) is 2.24. The van der Waals surface area contributed by atoms with Gasteiger partial charge in [-0.3, -0.25) is 4.79 Å². The fourth-order valence-electron chi connectivity index (χ4n) is 1.38. The molecule has 0 aromatic heterocycles. The summed E-state index contributed by atoms with van der Waals surface area (Å²) in [4.78, 5) is 11.6. The molecule has 0 saturated heterocycles. The molecule has 0 bridgehead atoms. The van der Waals surface area contributed by atoms with Crippen molar-refractivity contribution in [3.8, 4) is 0 Å². The maximum atomic E-state index is 11.6. The molecule has 1 atom stereocenters. The summed E-state index contributed by atoms with van der Waals surface area (Å²) >= 11 is 0. The van der Waals surface area contributed by atoms with Crippen molar-refractivity contribution in [3.63, 3.8) is 0 Å². The molecule has 0 heterocycles. The highest BCUT2D eigenvalue weighted by atomic mass is 16.3. The highest BCUT2D eigenvalue weighted by Crippen LogP contribution is 2.08. The molecule has 2 nitrogen and oxygen atoms in total. The van der Waals surface area contributed by atoms with Gasteiger partial charge in [-0.25, -0.2) is 0 Å². The molecule has 1 aromatic rings. The van der Waals surface area contributed by atoms with E-state index < -0.39 is 6.10 Å². The smallest absolute Gasteiger partial charge is 0.162 e. The van der Waals surface area contributed by atoms with Crippen molar-refractivity contribution in [2.45, 2.75) is 25.4 Å². The van der Waals surface area contributed by atoms with Crippen molar-refractivity contribution in [1.82, 2.24) is 0 Å². The maximum absolute atomic E-state index is 11.6. The lowest BCUT2D eigenvalue weighted by Crippen LogP contribution is -2.08. The van der Waals surface area contributed by atoms with Crippen LogP contribution in [0.1, 0.15) is 29.6 Å². The van der Waals surface area contributed by atoms with E-state index in [9.17, 15) is 9.90 Å². The Kier molecular flexibility index (Phi) is 4.78. The molecule has 0 aliphatic heterocycles. The van der Waals surface area contributed by atoms with E-state index in [2.05, 4.69) is 6.58 Å². The fourth-order valence-corrected chi connectivity index (χ4v) is 1.38. The zero-order chi connectivity index (χ0) is 11.1. The molecule has 0 fully saturated rings. The summed E-state index contributed by atoms with van der Waals surface area (Å²) in [6.45, 7) is 3.54. The monoisotopic (exact) mass is 204 g/mol. The standard InChI is InChI=1S/C13H16O2/c1-2-6-12(14)9-10-13(15)11-7-4-3-5-8-11/h2-5,7-8,12,14H,1,6,9-10H2/t12-/m1/s1. The summed E-state index contributed by atoms with van der Waals surface area (Å²) in [7, 11) is 0. The number of carbonyl (C=O) groups excluding carboxylic acids is 1. The summed E-state index contributed by atoms with van der Waals surface area (Å²) in [5.74, 6) is 0.0821. The Bertz CT molecular complexity index is 317. The Morgan fingerprint density at radius 1 is 1.40 bits per heavy atom. The number of ketones is 1. The summed E-state index contributed by atoms with van der Waals surface area (Å²) < 4.78 is 0. The zero-order valence-electron chi connectivity index (χ0n) is 8.73. The number of hydrogen-bond donors (Lipinski definition) is 1. The molecule has 0 spiro atoms. The van der Waals surface area contributed by atoms with E-state index >= 15 is 0 Å². The Morgan fingerprint density at radius 3 is 2.67 bits per heavy atom. The number of aliphatic hydroxyl groups excluding tert-OH is 1. The van der Waals surface area contributed by atoms with Gasteiger partial charge in [0.25, 0.3) is 0 Å². The maximum Gasteiger partial charge on any atom is 0.162 e. The van der Waals surface area contributed by atoms with E-state index in [1.54, 1.807) is 18.2 Å². The lowest BCUT2D eigenvalue weighted by atomic mass is 10.0. The van der Waals surface area contributed by atoms with Crippen molar-refractivity contribution < 1.29 is 9.90 Å². The van der Waals surface area contributed by atoms with Gasteiger partial charge in [0.05, 0.1) is 6.10 Å². The number of aliphatic hydroxyl groups is 1. The minimum Gasteiger partial charge on any atom is -0.393 e. The summed E-state index contributed by atoms with van der Waals surface area (Å²) in [6.07, 6.45) is 2.65. The van der Waals surface area contributed by atoms with Crippen LogP contribution in [0.2, 0.25) is 0 Å². The minimum absolute atomic E-state index is 0.0821. The van der Waals surface area contributed by atoms with Crippen LogP contribution in [0.3, 0.4) is 0 Å². The van der Waals surface area contributed by atoms with Crippen LogP contribution >= 0.6 is 0 Å². The molecular weight excluding hydrogens is 188 g/mol. The normalized spacial score (nSPS) is 12.1. The number of benzene rings is 1. The lowest BCUT2D eigenvalue weighted by Gasteiger charge is -2.06. The van der Waals surface area contributed by atoms with Gasteiger partial charge in [-0.2, -0.15) is 0 Å². The van der Waals surface area contributed by atoms with Crippen molar-refractivity contribution in [2.75, 3.05) is 0 Å². The fraction of sp³-hybridized carbons (Fsp3) is 0.308. The predicted octanol–water partition coefficient (Wildman–Crippen LogP) is 2.59. The van der Waals surface area contributed by atoms with Gasteiger partial charge < -0.3 is 5.11 Å². The third-order valence-electron chi connectivity index (χ3n) is 2.24. The molecule has 2 heteroatoms. The number of rotatable bonds is 6. The minimum atomic E-state index is -0.449. The molecule has 0 saturated carbocycles. The van der Waals surface area contributed by atoms with E-state index in [1.807, 2.05) is 18.2 Å². The second-order valence-corrected chi connectivity index (χ2v) is 3.51. The Morgan fingerprint density at radius 2 is 2.07 bits per heavy atom. The molecule has 1 aromatic carbocycles. The topological polar surface area (TPSA) is 37.3 Å². The summed E-state index contributed by atoms with van der Waals surface area (Å²) in [6, 6.07) is 9.15. The van der Waals surface area contributed by atoms with Crippen LogP contribution in [-0.4, -0.2) is 17.0 Å². The Hall–Kier alpha value is -1.41. The molecule has 0 amide bonds. The molecule has 15 heavy (non-hydrogen) atoms. The lowest BCUT2D eigenvalue weighted by molar-refractivity contribution is 0.0941. The van der Waals surface area contributed by atoms with Crippen LogP contribution in [0.4, 0.5) is 0 Å². The van der Waals surface area contributed by atoms with E-state index in [0.717, 1.165) is 0 Å². The molecule has 80 valence electrons. The third kappa shape index (κ3) is 4.09. The first-order valence-electron chi connectivity index (χ1n) is 5.11. The van der Waals surface area contributed by atoms with E-state index in [0.29, 0.717) is 24.8 Å². The van der Waals surface area contributed by atoms with Crippen LogP contribution in [0, 0.1) is 0 Å². The van der Waals surface area contributed by atoms with Crippen molar-refractivity contribution in [1.29, 1.82) is 0 Å². The van der Waals surface area contributed by atoms with Crippen molar-refractivity contribution in [3.05, 3.63) is 48.6 Å². The number of hydrogen-bond acceptors (Lipinski definition) is 2. The second-order valence-electron chi connectivity index (χ2n) is 3.51. The predicted molar refractivity (Wildman–Crippen MR) is 60.8 cm³/mol. The summed E-state index contributed by atoms with van der Waals surface area (Å²) in [5.41, 5.74) is 0.711. The molecule has 0 unspecified atom stereocenters. The summed E-state index contributed by atoms with van der Waals surface area (Å²) in [5, 5.41) is 9.42. The van der Waals surface area contributed by atoms with Crippen LogP contribution in [0.25, 0.3) is 0 Å². The first-order valence-corrected chi connectivity index (χ1v) is 5.11. The average Bonchev–Trinajstić information content (AvgIpc) is 2.27.